The molecule has 0 aromatic rings. The standard InChI is InChI=1S/C12H19NO3/c1-3-12(4-2,11(15)16)13-10(14)9-7-5-6-8-9/h5-6,9H,3-4,7-8H2,1-2H3,(H,13,14)(H,15,16). The Morgan fingerprint density at radius 3 is 2.19 bits per heavy atom. The van der Waals surface area contributed by atoms with Crippen LogP contribution < -0.4 is 5.32 Å². The lowest BCUT2D eigenvalue weighted by Crippen LogP contribution is -2.55. The average molecular weight is 225 g/mol. The third kappa shape index (κ3) is 2.43. The molecule has 0 unspecified atom stereocenters. The molecule has 1 amide bonds. The van der Waals surface area contributed by atoms with E-state index in [-0.39, 0.29) is 11.8 Å². The number of nitrogens with one attached hydrogen (secondary N) is 1. The Labute approximate surface area is 95.7 Å². The van der Waals surface area contributed by atoms with E-state index >= 15 is 0 Å². The SMILES string of the molecule is CCC(CC)(NC(=O)C1CC=CC1)C(=O)O. The van der Waals surface area contributed by atoms with Crippen molar-refractivity contribution in [1.29, 1.82) is 0 Å². The van der Waals surface area contributed by atoms with Crippen molar-refractivity contribution in [3.05, 3.63) is 12.2 Å². The van der Waals surface area contributed by atoms with E-state index in [0.717, 1.165) is 12.8 Å². The lowest BCUT2D eigenvalue weighted by atomic mass is 9.91. The molecule has 0 bridgehead atoms. The number of carbonyl (C=O) groups is 2. The van der Waals surface area contributed by atoms with E-state index in [2.05, 4.69) is 5.32 Å². The van der Waals surface area contributed by atoms with Crippen molar-refractivity contribution in [2.45, 2.75) is 45.1 Å². The number of carboxylic acids is 1. The van der Waals surface area contributed by atoms with Crippen LogP contribution in [-0.4, -0.2) is 22.5 Å². The summed E-state index contributed by atoms with van der Waals surface area (Å²) in [6, 6.07) is 0. The van der Waals surface area contributed by atoms with Crippen molar-refractivity contribution in [2.75, 3.05) is 0 Å². The first-order valence-corrected chi connectivity index (χ1v) is 5.76. The molecule has 0 heterocycles. The maximum Gasteiger partial charge on any atom is 0.329 e. The van der Waals surface area contributed by atoms with E-state index in [1.807, 2.05) is 12.2 Å². The van der Waals surface area contributed by atoms with Crippen molar-refractivity contribution in [1.82, 2.24) is 5.32 Å². The van der Waals surface area contributed by atoms with E-state index in [9.17, 15) is 14.7 Å². The fourth-order valence-electron chi connectivity index (χ4n) is 1.95. The molecule has 1 rings (SSSR count). The van der Waals surface area contributed by atoms with Crippen LogP contribution in [0, 0.1) is 5.92 Å². The highest BCUT2D eigenvalue weighted by Crippen LogP contribution is 2.21. The Morgan fingerprint density at radius 1 is 1.31 bits per heavy atom. The Morgan fingerprint density at radius 2 is 1.81 bits per heavy atom. The number of hydrogen-bond acceptors (Lipinski definition) is 2. The molecular formula is C12H19NO3. The molecule has 1 aliphatic carbocycles. The Hall–Kier alpha value is -1.32. The molecule has 2 N–H and O–H groups in total. The summed E-state index contributed by atoms with van der Waals surface area (Å²) in [5.41, 5.74) is -1.10. The van der Waals surface area contributed by atoms with Gasteiger partial charge in [-0.15, -0.1) is 0 Å². The zero-order chi connectivity index (χ0) is 12.2. The molecule has 0 aromatic carbocycles. The number of hydrogen-bond donors (Lipinski definition) is 2. The van der Waals surface area contributed by atoms with Crippen LogP contribution in [0.25, 0.3) is 0 Å². The van der Waals surface area contributed by atoms with Gasteiger partial charge in [-0.05, 0) is 25.7 Å². The maximum absolute atomic E-state index is 11.9. The fraction of sp³-hybridized carbons (Fsp3) is 0.667. The lowest BCUT2D eigenvalue weighted by Gasteiger charge is -2.29. The average Bonchev–Trinajstić information content (AvgIpc) is 2.78. The molecule has 16 heavy (non-hydrogen) atoms. The van der Waals surface area contributed by atoms with Crippen LogP contribution in [0.4, 0.5) is 0 Å². The largest absolute Gasteiger partial charge is 0.480 e. The minimum Gasteiger partial charge on any atom is -0.480 e. The van der Waals surface area contributed by atoms with Gasteiger partial charge in [0, 0.05) is 5.92 Å². The lowest BCUT2D eigenvalue weighted by molar-refractivity contribution is -0.148. The summed E-state index contributed by atoms with van der Waals surface area (Å²) in [6.07, 6.45) is 6.18. The van der Waals surface area contributed by atoms with Crippen LogP contribution in [0.2, 0.25) is 0 Å². The van der Waals surface area contributed by atoms with E-state index in [4.69, 9.17) is 0 Å². The first-order valence-electron chi connectivity index (χ1n) is 5.76. The third-order valence-corrected chi connectivity index (χ3v) is 3.36. The van der Waals surface area contributed by atoms with E-state index in [0.29, 0.717) is 12.8 Å². The first-order chi connectivity index (χ1) is 7.55. The predicted octanol–water partition coefficient (Wildman–Crippen LogP) is 1.71. The van der Waals surface area contributed by atoms with Crippen LogP contribution >= 0.6 is 0 Å². The molecule has 0 radical (unpaired) electrons. The van der Waals surface area contributed by atoms with E-state index in [1.54, 1.807) is 13.8 Å². The predicted molar refractivity (Wildman–Crippen MR) is 61.0 cm³/mol. The van der Waals surface area contributed by atoms with Gasteiger partial charge in [-0.3, -0.25) is 4.79 Å². The molecule has 4 heteroatoms. The van der Waals surface area contributed by atoms with Gasteiger partial charge in [0.1, 0.15) is 5.54 Å². The summed E-state index contributed by atoms with van der Waals surface area (Å²) in [5.74, 6) is -1.18. The molecule has 0 atom stereocenters. The topological polar surface area (TPSA) is 66.4 Å². The normalized spacial score (nSPS) is 16.4. The molecule has 1 aliphatic rings. The Bertz CT molecular complexity index is 297. The number of aliphatic carboxylic acids is 1. The summed E-state index contributed by atoms with van der Waals surface area (Å²) in [6.45, 7) is 3.57. The van der Waals surface area contributed by atoms with Crippen LogP contribution in [0.5, 0.6) is 0 Å². The Kier molecular flexibility index (Phi) is 4.10. The Balaban J connectivity index is 2.68. The number of carboxylic acid groups (broad SMARTS) is 1. The highest BCUT2D eigenvalue weighted by atomic mass is 16.4. The summed E-state index contributed by atoms with van der Waals surface area (Å²) < 4.78 is 0. The minimum absolute atomic E-state index is 0.0863. The van der Waals surface area contributed by atoms with Gasteiger partial charge in [0.05, 0.1) is 0 Å². The highest BCUT2D eigenvalue weighted by molar-refractivity contribution is 5.88. The highest BCUT2D eigenvalue weighted by Gasteiger charge is 2.37. The van der Waals surface area contributed by atoms with Gasteiger partial charge < -0.3 is 10.4 Å². The summed E-state index contributed by atoms with van der Waals surface area (Å²) in [7, 11) is 0. The van der Waals surface area contributed by atoms with Crippen molar-refractivity contribution in [3.63, 3.8) is 0 Å². The zero-order valence-electron chi connectivity index (χ0n) is 9.82. The van der Waals surface area contributed by atoms with Crippen molar-refractivity contribution < 1.29 is 14.7 Å². The molecule has 0 spiro atoms. The van der Waals surface area contributed by atoms with Gasteiger partial charge in [0.25, 0.3) is 0 Å². The van der Waals surface area contributed by atoms with Gasteiger partial charge in [0.2, 0.25) is 5.91 Å². The van der Waals surface area contributed by atoms with Crippen LogP contribution in [0.1, 0.15) is 39.5 Å². The second-order valence-electron chi connectivity index (χ2n) is 4.22. The molecule has 0 saturated heterocycles. The van der Waals surface area contributed by atoms with Gasteiger partial charge in [-0.1, -0.05) is 26.0 Å². The van der Waals surface area contributed by atoms with Crippen molar-refractivity contribution in [2.24, 2.45) is 5.92 Å². The second-order valence-corrected chi connectivity index (χ2v) is 4.22. The number of amides is 1. The molecule has 0 aliphatic heterocycles. The third-order valence-electron chi connectivity index (χ3n) is 3.36. The molecule has 90 valence electrons. The summed E-state index contributed by atoms with van der Waals surface area (Å²) in [4.78, 5) is 23.1. The van der Waals surface area contributed by atoms with Gasteiger partial charge >= 0.3 is 5.97 Å². The maximum atomic E-state index is 11.9. The number of allylic oxidation sites excluding steroid dienone is 2. The quantitative estimate of drug-likeness (QED) is 0.700. The molecule has 0 aromatic heterocycles. The van der Waals surface area contributed by atoms with Gasteiger partial charge in [-0.25, -0.2) is 4.79 Å². The minimum atomic E-state index is -1.10. The van der Waals surface area contributed by atoms with Crippen molar-refractivity contribution >= 4 is 11.9 Å². The van der Waals surface area contributed by atoms with E-state index in [1.165, 1.54) is 0 Å². The smallest absolute Gasteiger partial charge is 0.329 e. The molecule has 4 nitrogen and oxygen atoms in total. The summed E-state index contributed by atoms with van der Waals surface area (Å²) in [5, 5.41) is 11.9. The fourth-order valence-corrected chi connectivity index (χ4v) is 1.95. The second kappa shape index (κ2) is 5.14. The van der Waals surface area contributed by atoms with Crippen LogP contribution in [-0.2, 0) is 9.59 Å². The monoisotopic (exact) mass is 225 g/mol. The van der Waals surface area contributed by atoms with Crippen LogP contribution in [0.15, 0.2) is 12.2 Å². The molecule has 0 saturated carbocycles. The molecular weight excluding hydrogens is 206 g/mol. The number of rotatable bonds is 5. The van der Waals surface area contributed by atoms with Crippen molar-refractivity contribution in [3.8, 4) is 0 Å². The zero-order valence-corrected chi connectivity index (χ0v) is 9.82. The van der Waals surface area contributed by atoms with Gasteiger partial charge in [-0.2, -0.15) is 0 Å². The molecule has 0 fully saturated rings. The van der Waals surface area contributed by atoms with Crippen LogP contribution in [0.3, 0.4) is 0 Å². The summed E-state index contributed by atoms with van der Waals surface area (Å²) >= 11 is 0. The van der Waals surface area contributed by atoms with Gasteiger partial charge in [0.15, 0.2) is 0 Å². The number of carbonyl (C=O) groups excluding carboxylic acids is 1. The van der Waals surface area contributed by atoms with E-state index < -0.39 is 11.5 Å². The first kappa shape index (κ1) is 12.7.